The van der Waals surface area contributed by atoms with E-state index in [0.717, 1.165) is 10.6 Å². The number of thioether (sulfide) groups is 1. The Bertz CT molecular complexity index is 809. The maximum Gasteiger partial charge on any atom is 0.227 e. The molecule has 1 aromatic carbocycles. The Labute approximate surface area is 152 Å². The normalized spacial score (nSPS) is 28.3. The van der Waals surface area contributed by atoms with Crippen LogP contribution in [0.3, 0.4) is 0 Å². The van der Waals surface area contributed by atoms with Crippen LogP contribution in [0.15, 0.2) is 29.2 Å². The number of amides is 2. The quantitative estimate of drug-likeness (QED) is 0.797. The molecule has 25 heavy (non-hydrogen) atoms. The Hall–Kier alpha value is -1.54. The zero-order valence-electron chi connectivity index (χ0n) is 14.3. The maximum atomic E-state index is 12.6. The highest BCUT2D eigenvalue weighted by Crippen LogP contribution is 2.29. The van der Waals surface area contributed by atoms with E-state index in [2.05, 4.69) is 5.32 Å². The molecule has 2 aliphatic rings. The molecule has 0 bridgehead atoms. The summed E-state index contributed by atoms with van der Waals surface area (Å²) in [6, 6.07) is 7.67. The molecule has 0 aromatic heterocycles. The van der Waals surface area contributed by atoms with Gasteiger partial charge in [-0.15, -0.1) is 11.8 Å². The monoisotopic (exact) mass is 382 g/mol. The second kappa shape index (κ2) is 6.64. The van der Waals surface area contributed by atoms with Gasteiger partial charge in [-0.05, 0) is 37.8 Å². The summed E-state index contributed by atoms with van der Waals surface area (Å²) in [6.07, 6.45) is 2.54. The molecule has 0 spiro atoms. The van der Waals surface area contributed by atoms with Gasteiger partial charge >= 0.3 is 0 Å². The van der Waals surface area contributed by atoms with Gasteiger partial charge in [-0.3, -0.25) is 9.59 Å². The van der Waals surface area contributed by atoms with E-state index in [0.29, 0.717) is 13.0 Å². The van der Waals surface area contributed by atoms with Crippen molar-refractivity contribution in [1.82, 2.24) is 5.32 Å². The van der Waals surface area contributed by atoms with Gasteiger partial charge in [0.05, 0.1) is 23.0 Å². The van der Waals surface area contributed by atoms with Gasteiger partial charge in [0.25, 0.3) is 0 Å². The summed E-state index contributed by atoms with van der Waals surface area (Å²) in [5.41, 5.74) is 0.0623. The second-order valence-electron chi connectivity index (χ2n) is 7.00. The van der Waals surface area contributed by atoms with E-state index in [4.69, 9.17) is 0 Å². The highest BCUT2D eigenvalue weighted by molar-refractivity contribution is 7.98. The Morgan fingerprint density at radius 2 is 2.16 bits per heavy atom. The molecule has 3 rings (SSSR count). The van der Waals surface area contributed by atoms with Crippen LogP contribution in [0.2, 0.25) is 0 Å². The van der Waals surface area contributed by atoms with Crippen molar-refractivity contribution in [3.8, 4) is 0 Å². The fraction of sp³-hybridized carbons (Fsp3) is 0.529. The first-order valence-corrected chi connectivity index (χ1v) is 11.2. The smallest absolute Gasteiger partial charge is 0.227 e. The summed E-state index contributed by atoms with van der Waals surface area (Å²) in [7, 11) is -3.09. The number of rotatable bonds is 4. The van der Waals surface area contributed by atoms with E-state index >= 15 is 0 Å². The van der Waals surface area contributed by atoms with Gasteiger partial charge < -0.3 is 10.2 Å². The molecule has 6 nitrogen and oxygen atoms in total. The lowest BCUT2D eigenvalue weighted by Gasteiger charge is -2.25. The average molecular weight is 383 g/mol. The zero-order chi connectivity index (χ0) is 18.2. The average Bonchev–Trinajstić information content (AvgIpc) is 3.07. The van der Waals surface area contributed by atoms with Crippen LogP contribution in [-0.4, -0.2) is 50.1 Å². The first kappa shape index (κ1) is 18.3. The van der Waals surface area contributed by atoms with Crippen LogP contribution in [0.5, 0.6) is 0 Å². The third-order valence-corrected chi connectivity index (χ3v) is 7.42. The topological polar surface area (TPSA) is 83.6 Å². The van der Waals surface area contributed by atoms with Gasteiger partial charge in [0, 0.05) is 23.5 Å². The number of hydrogen-bond donors (Lipinski definition) is 1. The lowest BCUT2D eigenvalue weighted by molar-refractivity contribution is -0.127. The molecule has 2 atom stereocenters. The second-order valence-corrected chi connectivity index (χ2v) is 10.1. The van der Waals surface area contributed by atoms with Gasteiger partial charge in [-0.25, -0.2) is 8.42 Å². The molecule has 0 aliphatic carbocycles. The van der Waals surface area contributed by atoms with Crippen LogP contribution in [-0.2, 0) is 19.4 Å². The fourth-order valence-electron chi connectivity index (χ4n) is 3.42. The number of anilines is 1. The van der Waals surface area contributed by atoms with Crippen LogP contribution >= 0.6 is 11.8 Å². The largest absolute Gasteiger partial charge is 0.350 e. The molecule has 0 radical (unpaired) electrons. The van der Waals surface area contributed by atoms with Crippen molar-refractivity contribution in [2.75, 3.05) is 29.2 Å². The SMILES string of the molecule is CSc1cccc(N2C[C@H](C(=O)N[C@]3(C)CCS(=O)(=O)C3)CC2=O)c1. The summed E-state index contributed by atoms with van der Waals surface area (Å²) in [6.45, 7) is 2.08. The molecule has 1 aromatic rings. The van der Waals surface area contributed by atoms with Crippen LogP contribution in [0.4, 0.5) is 5.69 Å². The molecule has 2 fully saturated rings. The minimum atomic E-state index is -3.09. The molecule has 0 unspecified atom stereocenters. The molecule has 2 heterocycles. The minimum Gasteiger partial charge on any atom is -0.350 e. The summed E-state index contributed by atoms with van der Waals surface area (Å²) in [5, 5.41) is 2.87. The minimum absolute atomic E-state index is 0.0358. The number of benzene rings is 1. The van der Waals surface area contributed by atoms with Gasteiger partial charge in [-0.1, -0.05) is 6.07 Å². The van der Waals surface area contributed by atoms with E-state index < -0.39 is 21.3 Å². The fourth-order valence-corrected chi connectivity index (χ4v) is 5.97. The molecule has 2 saturated heterocycles. The highest BCUT2D eigenvalue weighted by Gasteiger charge is 2.42. The first-order valence-electron chi connectivity index (χ1n) is 8.18. The van der Waals surface area contributed by atoms with Crippen LogP contribution < -0.4 is 10.2 Å². The summed E-state index contributed by atoms with van der Waals surface area (Å²) < 4.78 is 23.4. The first-order chi connectivity index (χ1) is 11.7. The summed E-state index contributed by atoms with van der Waals surface area (Å²) >= 11 is 1.60. The van der Waals surface area contributed by atoms with E-state index in [1.165, 1.54) is 0 Å². The summed E-state index contributed by atoms with van der Waals surface area (Å²) in [4.78, 5) is 27.6. The molecule has 136 valence electrons. The van der Waals surface area contributed by atoms with Crippen molar-refractivity contribution in [3.63, 3.8) is 0 Å². The number of sulfone groups is 1. The van der Waals surface area contributed by atoms with E-state index in [9.17, 15) is 18.0 Å². The Balaban J connectivity index is 1.69. The van der Waals surface area contributed by atoms with Gasteiger partial charge in [0.2, 0.25) is 11.8 Å². The lowest BCUT2D eigenvalue weighted by atomic mass is 9.99. The van der Waals surface area contributed by atoms with Crippen molar-refractivity contribution >= 4 is 39.1 Å². The maximum absolute atomic E-state index is 12.6. The van der Waals surface area contributed by atoms with Gasteiger partial charge in [0.15, 0.2) is 9.84 Å². The molecule has 2 amide bonds. The highest BCUT2D eigenvalue weighted by atomic mass is 32.2. The van der Waals surface area contributed by atoms with Crippen molar-refractivity contribution in [3.05, 3.63) is 24.3 Å². The number of nitrogens with one attached hydrogen (secondary N) is 1. The number of hydrogen-bond acceptors (Lipinski definition) is 5. The van der Waals surface area contributed by atoms with Crippen LogP contribution in [0, 0.1) is 5.92 Å². The van der Waals surface area contributed by atoms with Crippen molar-refractivity contribution in [1.29, 1.82) is 0 Å². The van der Waals surface area contributed by atoms with Crippen molar-refractivity contribution in [2.24, 2.45) is 5.92 Å². The van der Waals surface area contributed by atoms with Gasteiger partial charge in [-0.2, -0.15) is 0 Å². The Kier molecular flexibility index (Phi) is 4.85. The number of nitrogens with zero attached hydrogens (tertiary/aromatic N) is 1. The van der Waals surface area contributed by atoms with Crippen LogP contribution in [0.1, 0.15) is 19.8 Å². The molecular formula is C17H22N2O4S2. The van der Waals surface area contributed by atoms with Gasteiger partial charge in [0.1, 0.15) is 0 Å². The van der Waals surface area contributed by atoms with Crippen LogP contribution in [0.25, 0.3) is 0 Å². The lowest BCUT2D eigenvalue weighted by Crippen LogP contribution is -2.49. The number of carbonyl (C=O) groups is 2. The number of carbonyl (C=O) groups excluding carboxylic acids is 2. The molecule has 2 aliphatic heterocycles. The van der Waals surface area contributed by atoms with E-state index in [1.807, 2.05) is 30.5 Å². The third-order valence-electron chi connectivity index (χ3n) is 4.79. The standard InChI is InChI=1S/C17H22N2O4S2/c1-17(6-7-25(22,23)11-17)18-16(21)12-8-15(20)19(10-12)13-4-3-5-14(9-13)24-2/h3-5,9,12H,6-8,10-11H2,1-2H3,(H,18,21)/t12-,17-/m1/s1. The Morgan fingerprint density at radius 1 is 1.40 bits per heavy atom. The zero-order valence-corrected chi connectivity index (χ0v) is 16.0. The van der Waals surface area contributed by atoms with Crippen molar-refractivity contribution < 1.29 is 18.0 Å². The molecule has 8 heteroatoms. The predicted octanol–water partition coefficient (Wildman–Crippen LogP) is 1.45. The predicted molar refractivity (Wildman–Crippen MR) is 98.5 cm³/mol. The molecule has 0 saturated carbocycles. The summed E-state index contributed by atoms with van der Waals surface area (Å²) in [5.74, 6) is -0.711. The molecular weight excluding hydrogens is 360 g/mol. The molecule has 1 N–H and O–H groups in total. The van der Waals surface area contributed by atoms with E-state index in [1.54, 1.807) is 23.6 Å². The van der Waals surface area contributed by atoms with Crippen molar-refractivity contribution in [2.45, 2.75) is 30.2 Å². The third kappa shape index (κ3) is 4.00. The van der Waals surface area contributed by atoms with E-state index in [-0.39, 0.29) is 29.7 Å². The Morgan fingerprint density at radius 3 is 2.80 bits per heavy atom.